The van der Waals surface area contributed by atoms with Crippen LogP contribution in [-0.2, 0) is 19.7 Å². The van der Waals surface area contributed by atoms with Crippen molar-refractivity contribution in [2.75, 3.05) is 14.2 Å². The number of para-hydroxylation sites is 1. The lowest BCUT2D eigenvalue weighted by Gasteiger charge is -2.15. The molecule has 0 radical (unpaired) electrons. The summed E-state index contributed by atoms with van der Waals surface area (Å²) in [5.41, 5.74) is 3.08. The van der Waals surface area contributed by atoms with E-state index in [1.54, 1.807) is 26.4 Å². The molecule has 0 aromatic heterocycles. The first-order valence-electron chi connectivity index (χ1n) is 9.27. The van der Waals surface area contributed by atoms with E-state index < -0.39 is 0 Å². The average Bonchev–Trinajstić information content (AvgIpc) is 2.76. The van der Waals surface area contributed by atoms with Gasteiger partial charge in [-0.3, -0.25) is 0 Å². The number of rotatable bonds is 9. The maximum absolute atomic E-state index is 6.08. The molecule has 0 aliphatic carbocycles. The Morgan fingerprint density at radius 1 is 0.800 bits per heavy atom. The molecule has 158 valence electrons. The van der Waals surface area contributed by atoms with Gasteiger partial charge in [0, 0.05) is 23.1 Å². The van der Waals surface area contributed by atoms with Gasteiger partial charge in [-0.2, -0.15) is 0 Å². The molecule has 7 heteroatoms. The van der Waals surface area contributed by atoms with Crippen molar-refractivity contribution in [3.63, 3.8) is 0 Å². The monoisotopic (exact) mass is 509 g/mol. The highest BCUT2D eigenvalue weighted by Gasteiger charge is 2.12. The van der Waals surface area contributed by atoms with Crippen molar-refractivity contribution in [3.8, 4) is 17.2 Å². The Hall–Kier alpha value is -1.92. The summed E-state index contributed by atoms with van der Waals surface area (Å²) in [6.45, 7) is 1.70. The summed E-state index contributed by atoms with van der Waals surface area (Å²) in [6, 6.07) is 17.3. The van der Waals surface area contributed by atoms with Crippen LogP contribution < -0.4 is 19.5 Å². The summed E-state index contributed by atoms with van der Waals surface area (Å²) in [5, 5.41) is 4.46. The van der Waals surface area contributed by atoms with Gasteiger partial charge in [0.25, 0.3) is 0 Å². The predicted molar refractivity (Wildman–Crippen MR) is 125 cm³/mol. The second-order valence-electron chi connectivity index (χ2n) is 6.55. The molecule has 0 bridgehead atoms. The van der Waals surface area contributed by atoms with Gasteiger partial charge in [-0.25, -0.2) is 0 Å². The van der Waals surface area contributed by atoms with E-state index in [1.165, 1.54) is 0 Å². The van der Waals surface area contributed by atoms with Gasteiger partial charge in [-0.15, -0.1) is 0 Å². The van der Waals surface area contributed by atoms with Crippen molar-refractivity contribution in [3.05, 3.63) is 85.8 Å². The molecule has 3 aromatic carbocycles. The highest BCUT2D eigenvalue weighted by atomic mass is 79.9. The molecule has 4 nitrogen and oxygen atoms in total. The third-order valence-corrected chi connectivity index (χ3v) is 6.01. The lowest BCUT2D eigenvalue weighted by Crippen LogP contribution is -2.14. The average molecular weight is 511 g/mol. The van der Waals surface area contributed by atoms with E-state index >= 15 is 0 Å². The van der Waals surface area contributed by atoms with Crippen LogP contribution in [0, 0.1) is 0 Å². The summed E-state index contributed by atoms with van der Waals surface area (Å²) in [5.74, 6) is 2.17. The fourth-order valence-corrected chi connectivity index (χ4v) is 3.74. The topological polar surface area (TPSA) is 39.7 Å². The van der Waals surface area contributed by atoms with Crippen molar-refractivity contribution < 1.29 is 14.2 Å². The van der Waals surface area contributed by atoms with Crippen LogP contribution in [0.1, 0.15) is 16.7 Å². The maximum Gasteiger partial charge on any atom is 0.162 e. The van der Waals surface area contributed by atoms with Crippen LogP contribution in [0.3, 0.4) is 0 Å². The number of methoxy groups -OCH3 is 2. The third-order valence-electron chi connectivity index (χ3n) is 4.53. The standard InChI is InChI=1S/C23H22BrCl2NO3/c1-28-21-6-4-3-5-16(21)12-27-13-17-10-22(29-2)23(11-18(17)24)30-14-15-7-8-19(25)20(26)9-15/h3-11,27H,12-14H2,1-2H3. The third kappa shape index (κ3) is 5.82. The molecule has 0 aliphatic heterocycles. The minimum absolute atomic E-state index is 0.352. The maximum atomic E-state index is 6.08. The second kappa shape index (κ2) is 10.9. The number of hydrogen-bond donors (Lipinski definition) is 1. The number of nitrogens with one attached hydrogen (secondary N) is 1. The Kier molecular flexibility index (Phi) is 8.28. The van der Waals surface area contributed by atoms with Crippen molar-refractivity contribution in [2.24, 2.45) is 0 Å². The number of benzene rings is 3. The normalized spacial score (nSPS) is 10.7. The van der Waals surface area contributed by atoms with Gasteiger partial charge in [-0.1, -0.05) is 63.4 Å². The molecule has 30 heavy (non-hydrogen) atoms. The molecular weight excluding hydrogens is 489 g/mol. The van der Waals surface area contributed by atoms with E-state index in [4.69, 9.17) is 37.4 Å². The molecule has 0 atom stereocenters. The van der Waals surface area contributed by atoms with Crippen LogP contribution in [-0.4, -0.2) is 14.2 Å². The van der Waals surface area contributed by atoms with Crippen LogP contribution in [0.5, 0.6) is 17.2 Å². The largest absolute Gasteiger partial charge is 0.496 e. The van der Waals surface area contributed by atoms with Crippen LogP contribution >= 0.6 is 39.1 Å². The van der Waals surface area contributed by atoms with E-state index in [-0.39, 0.29) is 0 Å². The van der Waals surface area contributed by atoms with E-state index in [0.29, 0.717) is 41.2 Å². The van der Waals surface area contributed by atoms with Crippen LogP contribution in [0.2, 0.25) is 10.0 Å². The van der Waals surface area contributed by atoms with Gasteiger partial charge in [0.05, 0.1) is 24.3 Å². The second-order valence-corrected chi connectivity index (χ2v) is 8.22. The van der Waals surface area contributed by atoms with Crippen LogP contribution in [0.4, 0.5) is 0 Å². The molecule has 3 aromatic rings. The first kappa shape index (κ1) is 22.8. The van der Waals surface area contributed by atoms with E-state index in [2.05, 4.69) is 21.2 Å². The summed E-state index contributed by atoms with van der Waals surface area (Å²) in [7, 11) is 3.30. The molecular formula is C23H22BrCl2NO3. The van der Waals surface area contributed by atoms with Gasteiger partial charge >= 0.3 is 0 Å². The Morgan fingerprint density at radius 3 is 2.27 bits per heavy atom. The zero-order chi connectivity index (χ0) is 21.5. The van der Waals surface area contributed by atoms with Crippen LogP contribution in [0.15, 0.2) is 59.1 Å². The van der Waals surface area contributed by atoms with Crippen molar-refractivity contribution in [2.45, 2.75) is 19.7 Å². The fraction of sp³-hybridized carbons (Fsp3) is 0.217. The molecule has 0 saturated carbocycles. The first-order chi connectivity index (χ1) is 14.5. The number of halogens is 3. The number of hydrogen-bond acceptors (Lipinski definition) is 4. The predicted octanol–water partition coefficient (Wildman–Crippen LogP) is 6.64. The van der Waals surface area contributed by atoms with Crippen molar-refractivity contribution >= 4 is 39.1 Å². The van der Waals surface area contributed by atoms with Gasteiger partial charge in [0.1, 0.15) is 12.4 Å². The zero-order valence-electron chi connectivity index (χ0n) is 16.7. The smallest absolute Gasteiger partial charge is 0.162 e. The number of ether oxygens (including phenoxy) is 3. The van der Waals surface area contributed by atoms with E-state index in [9.17, 15) is 0 Å². The molecule has 0 amide bonds. The quantitative estimate of drug-likeness (QED) is 0.350. The van der Waals surface area contributed by atoms with Gasteiger partial charge < -0.3 is 19.5 Å². The Morgan fingerprint density at radius 2 is 1.53 bits per heavy atom. The molecule has 0 heterocycles. The Bertz CT molecular complexity index is 1010. The minimum Gasteiger partial charge on any atom is -0.496 e. The molecule has 0 unspecified atom stereocenters. The fourth-order valence-electron chi connectivity index (χ4n) is 2.96. The summed E-state index contributed by atoms with van der Waals surface area (Å²) in [6.07, 6.45) is 0. The minimum atomic E-state index is 0.352. The molecule has 0 spiro atoms. The molecule has 0 saturated heterocycles. The molecule has 0 fully saturated rings. The lowest BCUT2D eigenvalue weighted by atomic mass is 10.1. The zero-order valence-corrected chi connectivity index (χ0v) is 19.8. The summed E-state index contributed by atoms with van der Waals surface area (Å²) < 4.78 is 17.8. The first-order valence-corrected chi connectivity index (χ1v) is 10.8. The lowest BCUT2D eigenvalue weighted by molar-refractivity contribution is 0.284. The van der Waals surface area contributed by atoms with E-state index in [0.717, 1.165) is 26.9 Å². The summed E-state index contributed by atoms with van der Waals surface area (Å²) in [4.78, 5) is 0. The molecule has 3 rings (SSSR count). The Labute approximate surface area is 195 Å². The SMILES string of the molecule is COc1ccccc1CNCc1cc(OC)c(OCc2ccc(Cl)c(Cl)c2)cc1Br. The van der Waals surface area contributed by atoms with Crippen molar-refractivity contribution in [1.82, 2.24) is 5.32 Å². The van der Waals surface area contributed by atoms with Gasteiger partial charge in [0.15, 0.2) is 11.5 Å². The van der Waals surface area contributed by atoms with Gasteiger partial charge in [-0.05, 0) is 41.5 Å². The van der Waals surface area contributed by atoms with Gasteiger partial charge in [0.2, 0.25) is 0 Å². The highest BCUT2D eigenvalue weighted by molar-refractivity contribution is 9.10. The Balaban J connectivity index is 1.66. The highest BCUT2D eigenvalue weighted by Crippen LogP contribution is 2.34. The van der Waals surface area contributed by atoms with E-state index in [1.807, 2.05) is 42.5 Å². The molecule has 1 N–H and O–H groups in total. The van der Waals surface area contributed by atoms with Crippen molar-refractivity contribution in [1.29, 1.82) is 0 Å². The summed E-state index contributed by atoms with van der Waals surface area (Å²) >= 11 is 15.7. The van der Waals surface area contributed by atoms with Crippen LogP contribution in [0.25, 0.3) is 0 Å². The molecule has 0 aliphatic rings.